The van der Waals surface area contributed by atoms with Crippen LogP contribution in [-0.2, 0) is 9.59 Å². The number of anilines is 2. The van der Waals surface area contributed by atoms with Crippen LogP contribution in [0.3, 0.4) is 0 Å². The first kappa shape index (κ1) is 22.1. The molecule has 0 radical (unpaired) electrons. The molecule has 2 aromatic carbocycles. The Labute approximate surface area is 189 Å². The molecule has 170 valence electrons. The van der Waals surface area contributed by atoms with Crippen molar-refractivity contribution in [1.29, 1.82) is 0 Å². The maximum absolute atomic E-state index is 12.1. The van der Waals surface area contributed by atoms with Gasteiger partial charge in [0.2, 0.25) is 6.41 Å². The highest BCUT2D eigenvalue weighted by molar-refractivity contribution is 5.92. The van der Waals surface area contributed by atoms with Crippen LogP contribution in [0.5, 0.6) is 5.75 Å². The lowest BCUT2D eigenvalue weighted by Crippen LogP contribution is -2.46. The fourth-order valence-corrected chi connectivity index (χ4v) is 4.54. The standard InChI is InChI=1S/C25H32N4O3/c30-20-27-13-4-14-28(18-17-27)23-11-15-29(16-12-23)22-9-7-21(8-10-22)26-25(31)19-32-24-5-2-1-3-6-24/h1-3,5-10,20,23H,4,11-19H2,(H,26,31). The van der Waals surface area contributed by atoms with E-state index in [4.69, 9.17) is 4.74 Å². The number of hydrogen-bond acceptors (Lipinski definition) is 5. The lowest BCUT2D eigenvalue weighted by atomic mass is 10.0. The lowest BCUT2D eigenvalue weighted by molar-refractivity contribution is -0.118. The molecule has 0 saturated carbocycles. The number of amides is 2. The number of nitrogens with one attached hydrogen (secondary N) is 1. The Kier molecular flexibility index (Phi) is 7.61. The van der Waals surface area contributed by atoms with Gasteiger partial charge in [0.15, 0.2) is 6.61 Å². The summed E-state index contributed by atoms with van der Waals surface area (Å²) in [7, 11) is 0. The van der Waals surface area contributed by atoms with Crippen LogP contribution in [0, 0.1) is 0 Å². The van der Waals surface area contributed by atoms with Gasteiger partial charge in [-0.05, 0) is 55.7 Å². The maximum Gasteiger partial charge on any atom is 0.262 e. The fourth-order valence-electron chi connectivity index (χ4n) is 4.54. The van der Waals surface area contributed by atoms with E-state index in [1.165, 1.54) is 5.69 Å². The number of carbonyl (C=O) groups is 2. The zero-order chi connectivity index (χ0) is 22.2. The van der Waals surface area contributed by atoms with Crippen molar-refractivity contribution in [3.05, 3.63) is 54.6 Å². The minimum Gasteiger partial charge on any atom is -0.484 e. The predicted octanol–water partition coefficient (Wildman–Crippen LogP) is 2.84. The molecule has 0 atom stereocenters. The number of nitrogens with zero attached hydrogens (tertiary/aromatic N) is 3. The molecule has 2 aliphatic heterocycles. The third-order valence-corrected chi connectivity index (χ3v) is 6.32. The zero-order valence-electron chi connectivity index (χ0n) is 18.5. The highest BCUT2D eigenvalue weighted by atomic mass is 16.5. The SMILES string of the molecule is O=CN1CCCN(C2CCN(c3ccc(NC(=O)COc4ccccc4)cc3)CC2)CC1. The molecular formula is C25H32N4O3. The Morgan fingerprint density at radius 2 is 1.69 bits per heavy atom. The van der Waals surface area contributed by atoms with Gasteiger partial charge in [-0.2, -0.15) is 0 Å². The Hall–Kier alpha value is -3.06. The van der Waals surface area contributed by atoms with Crippen molar-refractivity contribution in [2.45, 2.75) is 25.3 Å². The van der Waals surface area contributed by atoms with Crippen molar-refractivity contribution < 1.29 is 14.3 Å². The van der Waals surface area contributed by atoms with Gasteiger partial charge in [-0.15, -0.1) is 0 Å². The van der Waals surface area contributed by atoms with Gasteiger partial charge in [-0.25, -0.2) is 0 Å². The summed E-state index contributed by atoms with van der Waals surface area (Å²) in [6, 6.07) is 18.0. The van der Waals surface area contributed by atoms with E-state index in [1.807, 2.05) is 47.4 Å². The largest absolute Gasteiger partial charge is 0.484 e. The summed E-state index contributed by atoms with van der Waals surface area (Å²) in [5.41, 5.74) is 1.96. The maximum atomic E-state index is 12.1. The van der Waals surface area contributed by atoms with Gasteiger partial charge in [-0.3, -0.25) is 14.5 Å². The number of hydrogen-bond donors (Lipinski definition) is 1. The normalized spacial score (nSPS) is 18.1. The smallest absolute Gasteiger partial charge is 0.262 e. The number of rotatable bonds is 7. The molecule has 2 aliphatic rings. The first-order valence-electron chi connectivity index (χ1n) is 11.5. The minimum atomic E-state index is -0.173. The van der Waals surface area contributed by atoms with Crippen molar-refractivity contribution in [3.63, 3.8) is 0 Å². The van der Waals surface area contributed by atoms with Crippen LogP contribution < -0.4 is 15.0 Å². The van der Waals surface area contributed by atoms with Crippen LogP contribution in [0.15, 0.2) is 54.6 Å². The summed E-state index contributed by atoms with van der Waals surface area (Å²) in [6.07, 6.45) is 4.31. The van der Waals surface area contributed by atoms with Crippen molar-refractivity contribution >= 4 is 23.7 Å². The summed E-state index contributed by atoms with van der Waals surface area (Å²) in [5.74, 6) is 0.510. The van der Waals surface area contributed by atoms with Crippen LogP contribution in [-0.4, -0.2) is 74.0 Å². The van der Waals surface area contributed by atoms with Crippen LogP contribution in [0.25, 0.3) is 0 Å². The third kappa shape index (κ3) is 6.01. The Balaban J connectivity index is 1.22. The highest BCUT2D eigenvalue weighted by Crippen LogP contribution is 2.25. The summed E-state index contributed by atoms with van der Waals surface area (Å²) in [4.78, 5) is 30.1. The molecule has 7 heteroatoms. The molecule has 4 rings (SSSR count). The first-order chi connectivity index (χ1) is 15.7. The number of carbonyl (C=O) groups excluding carboxylic acids is 2. The number of benzene rings is 2. The summed E-state index contributed by atoms with van der Waals surface area (Å²) >= 11 is 0. The fraction of sp³-hybridized carbons (Fsp3) is 0.440. The molecule has 0 aromatic heterocycles. The lowest BCUT2D eigenvalue weighted by Gasteiger charge is -2.39. The van der Waals surface area contributed by atoms with E-state index in [-0.39, 0.29) is 12.5 Å². The van der Waals surface area contributed by atoms with E-state index in [0.717, 1.165) is 70.6 Å². The van der Waals surface area contributed by atoms with E-state index < -0.39 is 0 Å². The highest BCUT2D eigenvalue weighted by Gasteiger charge is 2.26. The molecule has 0 bridgehead atoms. The second kappa shape index (κ2) is 11.0. The van der Waals surface area contributed by atoms with Gasteiger partial charge in [0.1, 0.15) is 5.75 Å². The monoisotopic (exact) mass is 436 g/mol. The molecule has 2 fully saturated rings. The molecule has 2 heterocycles. The molecule has 1 N–H and O–H groups in total. The molecule has 2 amide bonds. The summed E-state index contributed by atoms with van der Waals surface area (Å²) in [6.45, 7) is 5.81. The van der Waals surface area contributed by atoms with Gasteiger partial charge in [0, 0.05) is 56.7 Å². The van der Waals surface area contributed by atoms with E-state index >= 15 is 0 Å². The Morgan fingerprint density at radius 3 is 2.41 bits per heavy atom. The molecule has 2 saturated heterocycles. The zero-order valence-corrected chi connectivity index (χ0v) is 18.5. The van der Waals surface area contributed by atoms with E-state index in [9.17, 15) is 9.59 Å². The Bertz CT molecular complexity index is 867. The summed E-state index contributed by atoms with van der Waals surface area (Å²) in [5, 5.41) is 2.89. The summed E-state index contributed by atoms with van der Waals surface area (Å²) < 4.78 is 5.49. The molecule has 32 heavy (non-hydrogen) atoms. The average Bonchev–Trinajstić information content (AvgIpc) is 3.10. The molecule has 7 nitrogen and oxygen atoms in total. The van der Waals surface area contributed by atoms with Gasteiger partial charge < -0.3 is 19.9 Å². The quantitative estimate of drug-likeness (QED) is 0.677. The molecule has 2 aromatic rings. The molecule has 0 unspecified atom stereocenters. The number of ether oxygens (including phenoxy) is 1. The van der Waals surface area contributed by atoms with Crippen LogP contribution in [0.4, 0.5) is 11.4 Å². The molecule has 0 aliphatic carbocycles. The topological polar surface area (TPSA) is 65.1 Å². The van der Waals surface area contributed by atoms with E-state index in [1.54, 1.807) is 0 Å². The van der Waals surface area contributed by atoms with Crippen LogP contribution >= 0.6 is 0 Å². The molecule has 0 spiro atoms. The Morgan fingerprint density at radius 1 is 0.938 bits per heavy atom. The minimum absolute atomic E-state index is 0.0135. The van der Waals surface area contributed by atoms with E-state index in [0.29, 0.717) is 11.8 Å². The second-order valence-electron chi connectivity index (χ2n) is 8.45. The van der Waals surface area contributed by atoms with E-state index in [2.05, 4.69) is 27.2 Å². The number of para-hydroxylation sites is 1. The molecular weight excluding hydrogens is 404 g/mol. The van der Waals surface area contributed by atoms with Crippen molar-refractivity contribution in [2.75, 3.05) is 56.1 Å². The predicted molar refractivity (Wildman–Crippen MR) is 126 cm³/mol. The van der Waals surface area contributed by atoms with Crippen LogP contribution in [0.1, 0.15) is 19.3 Å². The van der Waals surface area contributed by atoms with Gasteiger partial charge in [0.25, 0.3) is 5.91 Å². The van der Waals surface area contributed by atoms with Crippen molar-refractivity contribution in [3.8, 4) is 5.75 Å². The van der Waals surface area contributed by atoms with Crippen molar-refractivity contribution in [1.82, 2.24) is 9.80 Å². The number of piperidine rings is 1. The average molecular weight is 437 g/mol. The third-order valence-electron chi connectivity index (χ3n) is 6.32. The first-order valence-corrected chi connectivity index (χ1v) is 11.5. The van der Waals surface area contributed by atoms with Crippen molar-refractivity contribution in [2.24, 2.45) is 0 Å². The van der Waals surface area contributed by atoms with Crippen LogP contribution in [0.2, 0.25) is 0 Å². The van der Waals surface area contributed by atoms with Gasteiger partial charge >= 0.3 is 0 Å². The van der Waals surface area contributed by atoms with Gasteiger partial charge in [0.05, 0.1) is 0 Å². The second-order valence-corrected chi connectivity index (χ2v) is 8.45. The van der Waals surface area contributed by atoms with Gasteiger partial charge in [-0.1, -0.05) is 18.2 Å².